The highest BCUT2D eigenvalue weighted by Crippen LogP contribution is 2.31. The molecule has 0 amide bonds. The minimum absolute atomic E-state index is 0.489. The minimum atomic E-state index is -1.36. The molecular formula is C8H11N3O6. The Hall–Kier alpha value is -1.55. The van der Waals surface area contributed by atoms with E-state index in [9.17, 15) is 20.3 Å². The highest BCUT2D eigenvalue weighted by molar-refractivity contribution is 5.09. The Kier molecular flexibility index (Phi) is 3.07. The Morgan fingerprint density at radius 3 is 2.76 bits per heavy atom. The number of nitrogens with zero attached hydrogens (tertiary/aromatic N) is 3. The number of aliphatic hydroxyl groups is 3. The summed E-state index contributed by atoms with van der Waals surface area (Å²) in [6.07, 6.45) is -2.32. The van der Waals surface area contributed by atoms with Crippen molar-refractivity contribution in [3.05, 3.63) is 22.5 Å². The number of aliphatic hydroxyl groups excluding tert-OH is 3. The first kappa shape index (κ1) is 11.9. The molecule has 0 spiro atoms. The summed E-state index contributed by atoms with van der Waals surface area (Å²) >= 11 is 0. The molecule has 0 aromatic carbocycles. The number of ether oxygens (including phenoxy) is 1. The molecule has 1 aromatic rings. The third-order valence-electron chi connectivity index (χ3n) is 2.60. The lowest BCUT2D eigenvalue weighted by Gasteiger charge is -2.13. The van der Waals surface area contributed by atoms with Gasteiger partial charge in [0, 0.05) is 0 Å². The molecule has 1 aliphatic rings. The number of hydrogen-bond donors (Lipinski definition) is 3. The fourth-order valence-corrected chi connectivity index (χ4v) is 1.76. The fraction of sp³-hybridized carbons (Fsp3) is 0.625. The standard InChI is InChI=1S/C8H11N3O6/c12-3-4-5(13)6(14)7(17-4)10-2-1-9-8(10)11(15)16/h1-2,4-7,12-14H,3H2/t4-,5+,6+,7-/m0/s1. The number of rotatable bonds is 3. The van der Waals surface area contributed by atoms with Gasteiger partial charge < -0.3 is 30.2 Å². The molecule has 3 N–H and O–H groups in total. The van der Waals surface area contributed by atoms with Crippen LogP contribution in [0, 0.1) is 10.1 Å². The lowest BCUT2D eigenvalue weighted by Crippen LogP contribution is -2.33. The van der Waals surface area contributed by atoms with E-state index < -0.39 is 42.0 Å². The zero-order chi connectivity index (χ0) is 12.6. The predicted octanol–water partition coefficient (Wildman–Crippen LogP) is -1.60. The van der Waals surface area contributed by atoms with E-state index in [0.717, 1.165) is 4.57 Å². The summed E-state index contributed by atoms with van der Waals surface area (Å²) in [5.41, 5.74) is 0. The molecule has 2 rings (SSSR count). The van der Waals surface area contributed by atoms with Gasteiger partial charge >= 0.3 is 5.95 Å². The molecule has 0 unspecified atom stereocenters. The van der Waals surface area contributed by atoms with Crippen LogP contribution in [0.1, 0.15) is 6.23 Å². The molecule has 1 fully saturated rings. The van der Waals surface area contributed by atoms with Crippen molar-refractivity contribution in [1.29, 1.82) is 0 Å². The van der Waals surface area contributed by atoms with Gasteiger partial charge in [-0.25, -0.2) is 0 Å². The van der Waals surface area contributed by atoms with Gasteiger partial charge in [0.1, 0.15) is 30.7 Å². The normalized spacial score (nSPS) is 32.9. The minimum Gasteiger partial charge on any atom is -0.394 e. The zero-order valence-electron chi connectivity index (χ0n) is 8.58. The summed E-state index contributed by atoms with van der Waals surface area (Å²) < 4.78 is 6.14. The van der Waals surface area contributed by atoms with Crippen LogP contribution in [-0.2, 0) is 4.74 Å². The van der Waals surface area contributed by atoms with Crippen LogP contribution in [0.25, 0.3) is 0 Å². The Labute approximate surface area is 95.0 Å². The van der Waals surface area contributed by atoms with Crippen molar-refractivity contribution >= 4 is 5.95 Å². The third kappa shape index (κ3) is 1.89. The smallest absolute Gasteiger partial charge is 0.394 e. The van der Waals surface area contributed by atoms with Gasteiger partial charge in [-0.3, -0.25) is 0 Å². The Morgan fingerprint density at radius 2 is 2.24 bits per heavy atom. The van der Waals surface area contributed by atoms with Gasteiger partial charge in [-0.05, 0) is 4.92 Å². The second kappa shape index (κ2) is 4.37. The Bertz CT molecular complexity index is 421. The molecule has 1 aliphatic heterocycles. The second-order valence-corrected chi connectivity index (χ2v) is 3.62. The van der Waals surface area contributed by atoms with Crippen LogP contribution < -0.4 is 0 Å². The van der Waals surface area contributed by atoms with Crippen molar-refractivity contribution in [1.82, 2.24) is 9.55 Å². The van der Waals surface area contributed by atoms with Crippen molar-refractivity contribution in [3.8, 4) is 0 Å². The van der Waals surface area contributed by atoms with Gasteiger partial charge in [0.05, 0.1) is 6.61 Å². The van der Waals surface area contributed by atoms with Gasteiger partial charge in [0.25, 0.3) is 0 Å². The molecule has 0 aliphatic carbocycles. The van der Waals surface area contributed by atoms with Crippen LogP contribution >= 0.6 is 0 Å². The molecule has 94 valence electrons. The van der Waals surface area contributed by atoms with Crippen LogP contribution in [0.15, 0.2) is 12.4 Å². The summed E-state index contributed by atoms with van der Waals surface area (Å²) in [6, 6.07) is 0. The molecule has 1 saturated heterocycles. The molecule has 0 radical (unpaired) electrons. The van der Waals surface area contributed by atoms with Crippen LogP contribution in [0.3, 0.4) is 0 Å². The van der Waals surface area contributed by atoms with E-state index in [-0.39, 0.29) is 0 Å². The first-order chi connectivity index (χ1) is 8.06. The van der Waals surface area contributed by atoms with E-state index in [1.54, 1.807) is 0 Å². The average Bonchev–Trinajstić information content (AvgIpc) is 2.86. The molecule has 2 heterocycles. The van der Waals surface area contributed by atoms with Crippen molar-refractivity contribution in [2.75, 3.05) is 6.61 Å². The van der Waals surface area contributed by atoms with Crippen molar-refractivity contribution < 1.29 is 25.0 Å². The van der Waals surface area contributed by atoms with Gasteiger partial charge in [-0.15, -0.1) is 0 Å². The third-order valence-corrected chi connectivity index (χ3v) is 2.60. The monoisotopic (exact) mass is 245 g/mol. The Balaban J connectivity index is 2.29. The molecule has 9 heteroatoms. The van der Waals surface area contributed by atoms with Gasteiger partial charge in [-0.2, -0.15) is 4.57 Å². The van der Waals surface area contributed by atoms with Crippen LogP contribution in [0.4, 0.5) is 5.95 Å². The lowest BCUT2D eigenvalue weighted by atomic mass is 10.1. The summed E-state index contributed by atoms with van der Waals surface area (Å²) in [5.74, 6) is -0.500. The van der Waals surface area contributed by atoms with E-state index in [1.165, 1.54) is 12.4 Å². The molecule has 0 saturated carbocycles. The number of nitro groups is 1. The van der Waals surface area contributed by atoms with Crippen LogP contribution in [-0.4, -0.2) is 54.7 Å². The van der Waals surface area contributed by atoms with E-state index in [4.69, 9.17) is 9.84 Å². The van der Waals surface area contributed by atoms with E-state index in [0.29, 0.717) is 0 Å². The lowest BCUT2D eigenvalue weighted by molar-refractivity contribution is -0.398. The highest BCUT2D eigenvalue weighted by Gasteiger charge is 2.46. The van der Waals surface area contributed by atoms with Gasteiger partial charge in [0.15, 0.2) is 0 Å². The van der Waals surface area contributed by atoms with Crippen molar-refractivity contribution in [3.63, 3.8) is 0 Å². The topological polar surface area (TPSA) is 131 Å². The molecule has 17 heavy (non-hydrogen) atoms. The zero-order valence-corrected chi connectivity index (χ0v) is 8.58. The highest BCUT2D eigenvalue weighted by atomic mass is 16.6. The number of hydrogen-bond acceptors (Lipinski definition) is 7. The molecule has 4 atom stereocenters. The van der Waals surface area contributed by atoms with Crippen LogP contribution in [0.2, 0.25) is 0 Å². The number of aromatic nitrogens is 2. The summed E-state index contributed by atoms with van der Waals surface area (Å²) in [7, 11) is 0. The Morgan fingerprint density at radius 1 is 1.53 bits per heavy atom. The fourth-order valence-electron chi connectivity index (χ4n) is 1.76. The quantitative estimate of drug-likeness (QED) is 0.431. The van der Waals surface area contributed by atoms with E-state index in [1.807, 2.05) is 0 Å². The maximum Gasteiger partial charge on any atom is 0.436 e. The van der Waals surface area contributed by atoms with Gasteiger partial charge in [-0.1, -0.05) is 4.98 Å². The van der Waals surface area contributed by atoms with Gasteiger partial charge in [0.2, 0.25) is 6.23 Å². The number of imidazole rings is 1. The molecule has 1 aromatic heterocycles. The van der Waals surface area contributed by atoms with Crippen LogP contribution in [0.5, 0.6) is 0 Å². The van der Waals surface area contributed by atoms with Crippen molar-refractivity contribution in [2.45, 2.75) is 24.5 Å². The predicted molar refractivity (Wildman–Crippen MR) is 51.9 cm³/mol. The SMILES string of the molecule is O=[N+]([O-])c1nccn1[C@H]1O[C@@H](CO)[C@@H](O)[C@H]1O. The van der Waals surface area contributed by atoms with E-state index >= 15 is 0 Å². The molecule has 0 bridgehead atoms. The van der Waals surface area contributed by atoms with Crippen molar-refractivity contribution in [2.24, 2.45) is 0 Å². The summed E-state index contributed by atoms with van der Waals surface area (Å²) in [4.78, 5) is 13.4. The second-order valence-electron chi connectivity index (χ2n) is 3.62. The first-order valence-corrected chi connectivity index (χ1v) is 4.86. The average molecular weight is 245 g/mol. The first-order valence-electron chi connectivity index (χ1n) is 4.86. The summed E-state index contributed by atoms with van der Waals surface area (Å²) in [5, 5.41) is 38.7. The summed E-state index contributed by atoms with van der Waals surface area (Å²) in [6.45, 7) is -0.489. The maximum atomic E-state index is 10.7. The molecular weight excluding hydrogens is 234 g/mol. The molecule has 9 nitrogen and oxygen atoms in total. The maximum absolute atomic E-state index is 10.7. The van der Waals surface area contributed by atoms with E-state index in [2.05, 4.69) is 4.98 Å². The largest absolute Gasteiger partial charge is 0.436 e.